The normalized spacial score (nSPS) is 10.9. The van der Waals surface area contributed by atoms with Crippen molar-refractivity contribution in [2.24, 2.45) is 7.05 Å². The van der Waals surface area contributed by atoms with Gasteiger partial charge in [-0.3, -0.25) is 9.48 Å². The zero-order chi connectivity index (χ0) is 15.6. The first-order valence-electron chi connectivity index (χ1n) is 7.07. The Hall–Kier alpha value is -2.11. The number of hydrogen-bond acceptors (Lipinski definition) is 4. The van der Waals surface area contributed by atoms with E-state index in [-0.39, 0.29) is 5.91 Å². The van der Waals surface area contributed by atoms with Gasteiger partial charge in [0.25, 0.3) is 0 Å². The molecule has 0 aliphatic rings. The molecule has 0 atom stereocenters. The van der Waals surface area contributed by atoms with Crippen LogP contribution >= 0.6 is 0 Å². The maximum absolute atomic E-state index is 12.0. The van der Waals surface area contributed by atoms with Crippen molar-refractivity contribution in [3.63, 3.8) is 0 Å². The molecule has 0 aliphatic carbocycles. The summed E-state index contributed by atoms with van der Waals surface area (Å²) in [4.78, 5) is 12.0. The lowest BCUT2D eigenvalue weighted by molar-refractivity contribution is -0.121. The zero-order valence-corrected chi connectivity index (χ0v) is 13.3. The Morgan fingerprint density at radius 1 is 1.19 bits per heavy atom. The summed E-state index contributed by atoms with van der Waals surface area (Å²) in [6.45, 7) is 8.25. The van der Waals surface area contributed by atoms with Crippen molar-refractivity contribution in [1.82, 2.24) is 20.3 Å². The number of nitrogens with one attached hydrogen (secondary N) is 1. The quantitative estimate of drug-likeness (QED) is 0.912. The number of carbonyl (C=O) groups is 1. The molecular weight excluding hydrogens is 268 g/mol. The molecule has 0 bridgehead atoms. The first kappa shape index (κ1) is 15.3. The predicted molar refractivity (Wildman–Crippen MR) is 78.8 cm³/mol. The topological polar surface area (TPSA) is 73.0 Å². The molecule has 0 radical (unpaired) electrons. The third-order valence-electron chi connectivity index (χ3n) is 3.90. The van der Waals surface area contributed by atoms with Crippen LogP contribution in [0.15, 0.2) is 4.52 Å². The summed E-state index contributed by atoms with van der Waals surface area (Å²) in [5.41, 5.74) is 5.01. The minimum atomic E-state index is 0.0256. The Morgan fingerprint density at radius 2 is 1.90 bits per heavy atom. The van der Waals surface area contributed by atoms with E-state index in [4.69, 9.17) is 4.52 Å². The molecule has 1 N–H and O–H groups in total. The first-order chi connectivity index (χ1) is 9.90. The molecule has 6 heteroatoms. The van der Waals surface area contributed by atoms with Crippen LogP contribution in [0.5, 0.6) is 0 Å². The van der Waals surface area contributed by atoms with E-state index in [0.717, 1.165) is 34.0 Å². The molecule has 114 valence electrons. The van der Waals surface area contributed by atoms with Gasteiger partial charge in [-0.05, 0) is 34.1 Å². The van der Waals surface area contributed by atoms with E-state index in [9.17, 15) is 4.79 Å². The van der Waals surface area contributed by atoms with Gasteiger partial charge in [-0.25, -0.2) is 0 Å². The highest BCUT2D eigenvalue weighted by atomic mass is 16.5. The lowest BCUT2D eigenvalue weighted by Gasteiger charge is -2.06. The largest absolute Gasteiger partial charge is 0.361 e. The number of aromatic nitrogens is 3. The molecule has 0 aliphatic heterocycles. The summed E-state index contributed by atoms with van der Waals surface area (Å²) in [5, 5.41) is 11.2. The fourth-order valence-corrected chi connectivity index (χ4v) is 2.45. The van der Waals surface area contributed by atoms with E-state index in [2.05, 4.69) is 15.6 Å². The van der Waals surface area contributed by atoms with Crippen molar-refractivity contribution >= 4 is 5.91 Å². The lowest BCUT2D eigenvalue weighted by Crippen LogP contribution is -2.23. The van der Waals surface area contributed by atoms with Crippen molar-refractivity contribution in [1.29, 1.82) is 0 Å². The van der Waals surface area contributed by atoms with Gasteiger partial charge in [0.1, 0.15) is 5.76 Å². The van der Waals surface area contributed by atoms with Crippen LogP contribution in [0.2, 0.25) is 0 Å². The van der Waals surface area contributed by atoms with Crippen LogP contribution < -0.4 is 5.32 Å². The van der Waals surface area contributed by atoms with Gasteiger partial charge in [0, 0.05) is 36.8 Å². The van der Waals surface area contributed by atoms with Crippen molar-refractivity contribution in [3.8, 4) is 0 Å². The van der Waals surface area contributed by atoms with Crippen molar-refractivity contribution in [2.75, 3.05) is 0 Å². The molecule has 6 nitrogen and oxygen atoms in total. The minimum Gasteiger partial charge on any atom is -0.361 e. The summed E-state index contributed by atoms with van der Waals surface area (Å²) in [6, 6.07) is 0. The van der Waals surface area contributed by atoms with E-state index in [1.807, 2.05) is 39.4 Å². The monoisotopic (exact) mass is 290 g/mol. The zero-order valence-electron chi connectivity index (χ0n) is 13.3. The van der Waals surface area contributed by atoms with Gasteiger partial charge in [0.2, 0.25) is 5.91 Å². The molecule has 21 heavy (non-hydrogen) atoms. The van der Waals surface area contributed by atoms with Crippen molar-refractivity contribution < 1.29 is 9.32 Å². The second-order valence-electron chi connectivity index (χ2n) is 5.35. The van der Waals surface area contributed by atoms with Crippen LogP contribution in [0.3, 0.4) is 0 Å². The predicted octanol–water partition coefficient (Wildman–Crippen LogP) is 1.89. The smallest absolute Gasteiger partial charge is 0.220 e. The first-order valence-corrected chi connectivity index (χ1v) is 7.07. The Morgan fingerprint density at radius 3 is 2.43 bits per heavy atom. The van der Waals surface area contributed by atoms with Crippen LogP contribution in [-0.4, -0.2) is 20.8 Å². The average Bonchev–Trinajstić information content (AvgIpc) is 2.87. The third kappa shape index (κ3) is 3.32. The fourth-order valence-electron chi connectivity index (χ4n) is 2.45. The SMILES string of the molecule is Cc1noc(C)c1CCC(=O)NCc1c(C)nn(C)c1C. The maximum Gasteiger partial charge on any atom is 0.220 e. The van der Waals surface area contributed by atoms with Crippen LogP contribution in [0.25, 0.3) is 0 Å². The number of rotatable bonds is 5. The number of carbonyl (C=O) groups excluding carboxylic acids is 1. The Kier molecular flexibility index (Phi) is 4.45. The highest BCUT2D eigenvalue weighted by Crippen LogP contribution is 2.15. The van der Waals surface area contributed by atoms with E-state index >= 15 is 0 Å². The van der Waals surface area contributed by atoms with E-state index in [1.165, 1.54) is 0 Å². The van der Waals surface area contributed by atoms with Crippen LogP contribution in [0.1, 0.15) is 40.4 Å². The van der Waals surface area contributed by atoms with Gasteiger partial charge < -0.3 is 9.84 Å². The molecule has 1 amide bonds. The summed E-state index contributed by atoms with van der Waals surface area (Å²) in [6.07, 6.45) is 1.08. The van der Waals surface area contributed by atoms with Gasteiger partial charge in [0.05, 0.1) is 11.4 Å². The van der Waals surface area contributed by atoms with Crippen LogP contribution in [0.4, 0.5) is 0 Å². The summed E-state index contributed by atoms with van der Waals surface area (Å²) in [5.74, 6) is 0.817. The van der Waals surface area contributed by atoms with Gasteiger partial charge in [-0.15, -0.1) is 0 Å². The van der Waals surface area contributed by atoms with Gasteiger partial charge in [0.15, 0.2) is 0 Å². The molecule has 2 heterocycles. The Balaban J connectivity index is 1.88. The summed E-state index contributed by atoms with van der Waals surface area (Å²) < 4.78 is 6.93. The van der Waals surface area contributed by atoms with Crippen molar-refractivity contribution in [3.05, 3.63) is 34.0 Å². The third-order valence-corrected chi connectivity index (χ3v) is 3.90. The van der Waals surface area contributed by atoms with Gasteiger partial charge in [-0.1, -0.05) is 5.16 Å². The molecule has 2 rings (SSSR count). The molecule has 2 aromatic rings. The lowest BCUT2D eigenvalue weighted by atomic mass is 10.1. The molecule has 0 saturated carbocycles. The summed E-state index contributed by atoms with van der Waals surface area (Å²) in [7, 11) is 1.91. The number of aryl methyl sites for hydroxylation is 4. The molecule has 0 saturated heterocycles. The second kappa shape index (κ2) is 6.11. The van der Waals surface area contributed by atoms with Crippen LogP contribution in [-0.2, 0) is 24.8 Å². The maximum atomic E-state index is 12.0. The summed E-state index contributed by atoms with van der Waals surface area (Å²) >= 11 is 0. The fraction of sp³-hybridized carbons (Fsp3) is 0.533. The molecule has 0 spiro atoms. The standard InChI is InChI=1S/C15H22N4O2/c1-9-14(11(3)19(5)17-9)8-16-15(20)7-6-13-10(2)18-21-12(13)4/h6-8H2,1-5H3,(H,16,20). The Bertz CT molecular complexity index is 635. The second-order valence-corrected chi connectivity index (χ2v) is 5.35. The minimum absolute atomic E-state index is 0.0256. The molecular formula is C15H22N4O2. The molecule has 0 aromatic carbocycles. The molecule has 0 unspecified atom stereocenters. The number of amides is 1. The van der Waals surface area contributed by atoms with Gasteiger partial charge >= 0.3 is 0 Å². The molecule has 2 aromatic heterocycles. The van der Waals surface area contributed by atoms with E-state index in [0.29, 0.717) is 19.4 Å². The van der Waals surface area contributed by atoms with Crippen molar-refractivity contribution in [2.45, 2.75) is 47.1 Å². The highest BCUT2D eigenvalue weighted by molar-refractivity contribution is 5.76. The average molecular weight is 290 g/mol. The van der Waals surface area contributed by atoms with Crippen LogP contribution in [0, 0.1) is 27.7 Å². The highest BCUT2D eigenvalue weighted by Gasteiger charge is 2.13. The number of hydrogen-bond donors (Lipinski definition) is 1. The van der Waals surface area contributed by atoms with Gasteiger partial charge in [-0.2, -0.15) is 5.10 Å². The Labute approximate surface area is 124 Å². The van der Waals surface area contributed by atoms with E-state index < -0.39 is 0 Å². The van der Waals surface area contributed by atoms with E-state index in [1.54, 1.807) is 0 Å². The number of nitrogens with zero attached hydrogens (tertiary/aromatic N) is 3. The molecule has 0 fully saturated rings.